The predicted octanol–water partition coefficient (Wildman–Crippen LogP) is 1.91. The van der Waals surface area contributed by atoms with Gasteiger partial charge in [0.05, 0.1) is 10.6 Å². The Labute approximate surface area is 139 Å². The van der Waals surface area contributed by atoms with Crippen molar-refractivity contribution >= 4 is 15.8 Å². The van der Waals surface area contributed by atoms with Gasteiger partial charge in [0.2, 0.25) is 5.75 Å². The van der Waals surface area contributed by atoms with Crippen LogP contribution in [-0.2, 0) is 16.5 Å². The number of hydrogen-bond acceptors (Lipinski definition) is 6. The average Bonchev–Trinajstić information content (AvgIpc) is 2.50. The lowest BCUT2D eigenvalue weighted by Gasteiger charge is -2.27. The van der Waals surface area contributed by atoms with E-state index < -0.39 is 16.2 Å². The maximum atomic E-state index is 11.5. The minimum absolute atomic E-state index is 0.132. The van der Waals surface area contributed by atoms with Crippen LogP contribution in [0.2, 0.25) is 0 Å². The van der Waals surface area contributed by atoms with Crippen molar-refractivity contribution in [2.75, 3.05) is 12.3 Å². The summed E-state index contributed by atoms with van der Waals surface area (Å²) in [6.07, 6.45) is -0.350. The molecule has 1 aliphatic heterocycles. The summed E-state index contributed by atoms with van der Waals surface area (Å²) in [5.41, 5.74) is 7.07. The number of phenolic OH excluding ortho intramolecular Hbond substituents is 1. The van der Waals surface area contributed by atoms with Crippen molar-refractivity contribution in [2.45, 2.75) is 24.3 Å². The van der Waals surface area contributed by atoms with Crippen LogP contribution >= 0.6 is 0 Å². The van der Waals surface area contributed by atoms with E-state index in [1.807, 2.05) is 6.92 Å². The number of anilines is 1. The minimum Gasteiger partial charge on any atom is -0.503 e. The Kier molecular flexibility index (Phi) is 4.02. The quantitative estimate of drug-likeness (QED) is 0.439. The van der Waals surface area contributed by atoms with Crippen LogP contribution in [0.1, 0.15) is 11.1 Å². The summed E-state index contributed by atoms with van der Waals surface area (Å²) in [4.78, 5) is -0.167. The molecule has 2 aromatic carbocycles. The highest BCUT2D eigenvalue weighted by molar-refractivity contribution is 7.85. The number of benzene rings is 2. The van der Waals surface area contributed by atoms with E-state index >= 15 is 0 Å². The van der Waals surface area contributed by atoms with Crippen LogP contribution in [0.4, 0.5) is 5.69 Å². The van der Waals surface area contributed by atoms with Crippen molar-refractivity contribution in [2.24, 2.45) is 0 Å². The normalized spacial score (nSPS) is 16.8. The Morgan fingerprint density at radius 2 is 2.04 bits per heavy atom. The molecule has 4 N–H and O–H groups in total. The number of nitrogens with two attached hydrogens (primary N) is 1. The first-order valence-electron chi connectivity index (χ1n) is 7.23. The lowest BCUT2D eigenvalue weighted by atomic mass is 10.0. The molecule has 0 radical (unpaired) electrons. The lowest BCUT2D eigenvalue weighted by molar-refractivity contribution is 0.0871. The van der Waals surface area contributed by atoms with E-state index in [0.29, 0.717) is 11.3 Å². The molecule has 0 unspecified atom stereocenters. The first kappa shape index (κ1) is 16.4. The van der Waals surface area contributed by atoms with Gasteiger partial charge in [-0.1, -0.05) is 17.7 Å². The second-order valence-corrected chi connectivity index (χ2v) is 7.06. The van der Waals surface area contributed by atoms with Crippen LogP contribution in [0, 0.1) is 6.92 Å². The molecule has 0 bridgehead atoms. The predicted molar refractivity (Wildman–Crippen MR) is 87.1 cm³/mol. The van der Waals surface area contributed by atoms with Crippen LogP contribution in [0.25, 0.3) is 0 Å². The Balaban J connectivity index is 1.91. The number of fused-ring (bicyclic) bond motifs is 1. The van der Waals surface area contributed by atoms with Gasteiger partial charge in [0, 0.05) is 6.42 Å². The molecule has 2 aromatic rings. The number of nitrogen functional groups attached to an aromatic ring is 1. The van der Waals surface area contributed by atoms with E-state index in [-0.39, 0.29) is 35.1 Å². The number of hydrogen-bond donors (Lipinski definition) is 3. The SMILES string of the molecule is Cc1ccc(S(=O)(=O)O)c(C[C@@H]2COc3ccc(N)c(O)c3O2)c1. The summed E-state index contributed by atoms with van der Waals surface area (Å²) in [6, 6.07) is 7.73. The van der Waals surface area contributed by atoms with Gasteiger partial charge in [0.1, 0.15) is 12.7 Å². The molecule has 1 aliphatic rings. The molecule has 0 aliphatic carbocycles. The molecule has 8 heteroatoms. The number of rotatable bonds is 3. The van der Waals surface area contributed by atoms with Crippen molar-refractivity contribution in [1.29, 1.82) is 0 Å². The smallest absolute Gasteiger partial charge is 0.294 e. The monoisotopic (exact) mass is 351 g/mol. The standard InChI is InChI=1S/C16H17NO6S/c1-9-2-5-14(24(19,20)21)10(6-9)7-11-8-22-13-4-3-12(17)15(18)16(13)23-11/h2-6,11,18H,7-8,17H2,1H3,(H,19,20,21)/t11-/m1/s1. The van der Waals surface area contributed by atoms with E-state index in [4.69, 9.17) is 15.2 Å². The number of aryl methyl sites for hydroxylation is 1. The van der Waals surface area contributed by atoms with Gasteiger partial charge in [-0.2, -0.15) is 8.42 Å². The molecular weight excluding hydrogens is 334 g/mol. The van der Waals surface area contributed by atoms with Crippen molar-refractivity contribution in [1.82, 2.24) is 0 Å². The second kappa shape index (κ2) is 5.88. The van der Waals surface area contributed by atoms with E-state index in [2.05, 4.69) is 0 Å². The fraction of sp³-hybridized carbons (Fsp3) is 0.250. The van der Waals surface area contributed by atoms with Crippen LogP contribution in [-0.4, -0.2) is 30.8 Å². The zero-order chi connectivity index (χ0) is 17.5. The first-order valence-corrected chi connectivity index (χ1v) is 8.67. The van der Waals surface area contributed by atoms with Gasteiger partial charge in [-0.25, -0.2) is 0 Å². The van der Waals surface area contributed by atoms with Gasteiger partial charge >= 0.3 is 0 Å². The topological polar surface area (TPSA) is 119 Å². The Morgan fingerprint density at radius 1 is 1.29 bits per heavy atom. The maximum absolute atomic E-state index is 11.5. The van der Waals surface area contributed by atoms with Crippen molar-refractivity contribution in [3.8, 4) is 17.2 Å². The van der Waals surface area contributed by atoms with Gasteiger partial charge in [0.25, 0.3) is 10.1 Å². The zero-order valence-corrected chi connectivity index (χ0v) is 13.7. The van der Waals surface area contributed by atoms with Crippen molar-refractivity contribution in [3.05, 3.63) is 41.5 Å². The van der Waals surface area contributed by atoms with Gasteiger partial charge in [-0.15, -0.1) is 0 Å². The molecule has 0 spiro atoms. The molecule has 0 fully saturated rings. The first-order chi connectivity index (χ1) is 11.3. The van der Waals surface area contributed by atoms with E-state index in [0.717, 1.165) is 5.56 Å². The largest absolute Gasteiger partial charge is 0.503 e. The summed E-state index contributed by atoms with van der Waals surface area (Å²) in [5, 5.41) is 9.99. The van der Waals surface area contributed by atoms with E-state index in [9.17, 15) is 18.1 Å². The van der Waals surface area contributed by atoms with Crippen molar-refractivity contribution < 1.29 is 27.6 Å². The summed E-state index contributed by atoms with van der Waals surface area (Å²) < 4.78 is 43.7. The van der Waals surface area contributed by atoms with E-state index in [1.54, 1.807) is 18.2 Å². The summed E-state index contributed by atoms with van der Waals surface area (Å²) in [6.45, 7) is 1.99. The van der Waals surface area contributed by atoms with E-state index in [1.165, 1.54) is 12.1 Å². The highest BCUT2D eigenvalue weighted by Crippen LogP contribution is 2.43. The third-order valence-electron chi connectivity index (χ3n) is 3.78. The van der Waals surface area contributed by atoms with Crippen molar-refractivity contribution in [3.63, 3.8) is 0 Å². The highest BCUT2D eigenvalue weighted by atomic mass is 32.2. The maximum Gasteiger partial charge on any atom is 0.294 e. The van der Waals surface area contributed by atoms with Crippen LogP contribution in [0.15, 0.2) is 35.2 Å². The molecule has 0 aromatic heterocycles. The molecule has 0 saturated carbocycles. The molecule has 3 rings (SSSR count). The third kappa shape index (κ3) is 3.10. The summed E-state index contributed by atoms with van der Waals surface area (Å²) in [7, 11) is -4.34. The second-order valence-electron chi connectivity index (χ2n) is 5.67. The molecule has 1 heterocycles. The number of phenols is 1. The summed E-state index contributed by atoms with van der Waals surface area (Å²) >= 11 is 0. The van der Waals surface area contributed by atoms with Gasteiger partial charge in [-0.05, 0) is 30.7 Å². The fourth-order valence-electron chi connectivity index (χ4n) is 2.64. The average molecular weight is 351 g/mol. The van der Waals surface area contributed by atoms with Crippen LogP contribution < -0.4 is 15.2 Å². The molecule has 24 heavy (non-hydrogen) atoms. The highest BCUT2D eigenvalue weighted by Gasteiger charge is 2.27. The molecule has 7 nitrogen and oxygen atoms in total. The Hall–Kier alpha value is -2.45. The Morgan fingerprint density at radius 3 is 2.75 bits per heavy atom. The van der Waals surface area contributed by atoms with Gasteiger partial charge in [0.15, 0.2) is 11.5 Å². The molecule has 1 atom stereocenters. The fourth-order valence-corrected chi connectivity index (χ4v) is 3.36. The molecule has 0 amide bonds. The van der Waals surface area contributed by atoms with Gasteiger partial charge < -0.3 is 20.3 Å². The van der Waals surface area contributed by atoms with Gasteiger partial charge in [-0.3, -0.25) is 4.55 Å². The zero-order valence-electron chi connectivity index (χ0n) is 12.9. The van der Waals surface area contributed by atoms with Crippen LogP contribution in [0.5, 0.6) is 17.2 Å². The lowest BCUT2D eigenvalue weighted by Crippen LogP contribution is -2.31. The molecular formula is C16H17NO6S. The third-order valence-corrected chi connectivity index (χ3v) is 4.73. The Bertz CT molecular complexity index is 894. The number of aromatic hydroxyl groups is 1. The minimum atomic E-state index is -4.34. The van der Waals surface area contributed by atoms with Crippen LogP contribution in [0.3, 0.4) is 0 Å². The summed E-state index contributed by atoms with van der Waals surface area (Å²) in [5.74, 6) is 0.293. The number of ether oxygens (including phenoxy) is 2. The molecule has 128 valence electrons. The molecule has 0 saturated heterocycles.